The molecular formula is C43H35IrN2O-. The van der Waals surface area contributed by atoms with E-state index in [1.54, 1.807) is 0 Å². The molecule has 0 bridgehead atoms. The van der Waals surface area contributed by atoms with Gasteiger partial charge in [-0.25, -0.2) is 0 Å². The summed E-state index contributed by atoms with van der Waals surface area (Å²) in [5, 5.41) is 2.15. The number of aromatic nitrogens is 2. The van der Waals surface area contributed by atoms with Gasteiger partial charge in [-0.15, -0.1) is 18.2 Å². The van der Waals surface area contributed by atoms with Crippen molar-refractivity contribution >= 4 is 33.0 Å². The van der Waals surface area contributed by atoms with Gasteiger partial charge in [0.15, 0.2) is 0 Å². The van der Waals surface area contributed by atoms with Crippen molar-refractivity contribution in [1.82, 2.24) is 9.55 Å². The van der Waals surface area contributed by atoms with Crippen molar-refractivity contribution in [2.75, 3.05) is 0 Å². The molecule has 0 unspecified atom stereocenters. The molecule has 0 N–H and O–H groups in total. The second kappa shape index (κ2) is 12.4. The molecule has 2 aromatic heterocycles. The largest absolute Gasteiger partial charge is 0.501 e. The van der Waals surface area contributed by atoms with Gasteiger partial charge in [0.1, 0.15) is 5.58 Å². The molecule has 0 amide bonds. The zero-order valence-corrected chi connectivity index (χ0v) is 29.3. The van der Waals surface area contributed by atoms with Gasteiger partial charge in [-0.05, 0) is 75.5 Å². The molecule has 233 valence electrons. The van der Waals surface area contributed by atoms with Gasteiger partial charge in [0.05, 0.1) is 22.4 Å². The minimum Gasteiger partial charge on any atom is -0.501 e. The van der Waals surface area contributed by atoms with Crippen LogP contribution in [0.2, 0.25) is 0 Å². The number of hydrogen-bond acceptors (Lipinski definition) is 2. The number of furan rings is 1. The van der Waals surface area contributed by atoms with Gasteiger partial charge in [0.25, 0.3) is 0 Å². The summed E-state index contributed by atoms with van der Waals surface area (Å²) >= 11 is 0. The molecule has 0 aliphatic carbocycles. The van der Waals surface area contributed by atoms with Crippen LogP contribution in [0, 0.1) is 6.07 Å². The van der Waals surface area contributed by atoms with Gasteiger partial charge in [0, 0.05) is 31.2 Å². The maximum atomic E-state index is 6.73. The van der Waals surface area contributed by atoms with Crippen LogP contribution in [0.15, 0.2) is 132 Å². The van der Waals surface area contributed by atoms with Crippen LogP contribution in [-0.2, 0) is 20.1 Å². The molecule has 0 atom stereocenters. The first kappa shape index (κ1) is 30.9. The van der Waals surface area contributed by atoms with Crippen LogP contribution in [-0.4, -0.2) is 9.55 Å². The minimum atomic E-state index is 0. The maximum Gasteiger partial charge on any atom is 0.121 e. The van der Waals surface area contributed by atoms with Crippen molar-refractivity contribution in [2.45, 2.75) is 39.5 Å². The SMILES string of the molecule is CC(C)c1cc(-c2ccccc2)cc(C(C)C)c1-n1c(-c2[c-]ccc3c2oc2cc(-c4ccccc4)ccc23)nc2ccccc21.[Ir]. The van der Waals surface area contributed by atoms with E-state index in [9.17, 15) is 0 Å². The third-order valence-electron chi connectivity index (χ3n) is 9.07. The van der Waals surface area contributed by atoms with Gasteiger partial charge < -0.3 is 8.98 Å². The van der Waals surface area contributed by atoms with E-state index in [0.29, 0.717) is 0 Å². The number of hydrogen-bond donors (Lipinski definition) is 0. The van der Waals surface area contributed by atoms with E-state index in [0.717, 1.165) is 49.9 Å². The molecule has 0 aliphatic rings. The zero-order valence-electron chi connectivity index (χ0n) is 26.9. The summed E-state index contributed by atoms with van der Waals surface area (Å²) < 4.78 is 9.10. The standard InChI is InChI=1S/C43H35N2O.Ir/c1-27(2)36-24-32(30-16-9-6-10-17-30)25-37(28(3)4)41(36)45-39-21-12-11-20-38(39)44-43(45)35-19-13-18-34-33-23-22-31(26-40(33)46-42(34)35)29-14-7-5-8-15-29;/h5-18,20-28H,1-4H3;/q-1;. The summed E-state index contributed by atoms with van der Waals surface area (Å²) in [5.41, 5.74) is 13.1. The summed E-state index contributed by atoms with van der Waals surface area (Å²) in [4.78, 5) is 5.30. The third kappa shape index (κ3) is 5.32. The average molecular weight is 788 g/mol. The second-order valence-corrected chi connectivity index (χ2v) is 12.7. The van der Waals surface area contributed by atoms with Gasteiger partial charge >= 0.3 is 0 Å². The minimum absolute atomic E-state index is 0. The van der Waals surface area contributed by atoms with Crippen molar-refractivity contribution in [3.63, 3.8) is 0 Å². The van der Waals surface area contributed by atoms with Gasteiger partial charge in [-0.1, -0.05) is 124 Å². The average Bonchev–Trinajstić information content (AvgIpc) is 3.66. The van der Waals surface area contributed by atoms with Crippen LogP contribution in [0.1, 0.15) is 50.7 Å². The summed E-state index contributed by atoms with van der Waals surface area (Å²) in [5.74, 6) is 1.41. The summed E-state index contributed by atoms with van der Waals surface area (Å²) in [6, 6.07) is 48.5. The maximum absolute atomic E-state index is 6.73. The number of rotatable bonds is 6. The normalized spacial score (nSPS) is 11.6. The summed E-state index contributed by atoms with van der Waals surface area (Å²) in [6.45, 7) is 9.14. The Morgan fingerprint density at radius 1 is 0.617 bits per heavy atom. The fraction of sp³-hybridized carbons (Fsp3) is 0.140. The fourth-order valence-corrected chi connectivity index (χ4v) is 6.75. The molecule has 4 heteroatoms. The fourth-order valence-electron chi connectivity index (χ4n) is 6.75. The van der Waals surface area contributed by atoms with Gasteiger partial charge in [-0.2, -0.15) is 0 Å². The number of nitrogens with zero attached hydrogens (tertiary/aromatic N) is 2. The van der Waals surface area contributed by atoms with Gasteiger partial charge in [0.2, 0.25) is 0 Å². The molecule has 1 radical (unpaired) electrons. The molecule has 0 aliphatic heterocycles. The van der Waals surface area contributed by atoms with Crippen molar-refractivity contribution in [1.29, 1.82) is 0 Å². The van der Waals surface area contributed by atoms with Crippen molar-refractivity contribution in [3.8, 4) is 39.3 Å². The molecule has 8 rings (SSSR count). The number of fused-ring (bicyclic) bond motifs is 4. The van der Waals surface area contributed by atoms with E-state index in [4.69, 9.17) is 9.40 Å². The van der Waals surface area contributed by atoms with E-state index in [-0.39, 0.29) is 31.9 Å². The first-order valence-electron chi connectivity index (χ1n) is 16.1. The Labute approximate surface area is 289 Å². The number of para-hydroxylation sites is 2. The first-order valence-corrected chi connectivity index (χ1v) is 16.1. The first-order chi connectivity index (χ1) is 22.5. The molecule has 3 nitrogen and oxygen atoms in total. The summed E-state index contributed by atoms with van der Waals surface area (Å²) in [7, 11) is 0. The molecule has 0 fully saturated rings. The van der Waals surface area contributed by atoms with E-state index in [1.165, 1.54) is 33.5 Å². The Bertz CT molecular complexity index is 2340. The van der Waals surface area contributed by atoms with Crippen molar-refractivity contribution in [3.05, 3.63) is 145 Å². The van der Waals surface area contributed by atoms with E-state index in [1.807, 2.05) is 12.1 Å². The molecule has 0 spiro atoms. The predicted molar refractivity (Wildman–Crippen MR) is 192 cm³/mol. The molecule has 8 aromatic rings. The van der Waals surface area contributed by atoms with Crippen LogP contribution in [0.4, 0.5) is 0 Å². The Kier molecular flexibility index (Phi) is 8.18. The quantitative estimate of drug-likeness (QED) is 0.157. The smallest absolute Gasteiger partial charge is 0.121 e. The zero-order chi connectivity index (χ0) is 31.4. The van der Waals surface area contributed by atoms with Crippen LogP contribution in [0.3, 0.4) is 0 Å². The third-order valence-corrected chi connectivity index (χ3v) is 9.07. The molecule has 0 saturated heterocycles. The Morgan fingerprint density at radius 3 is 1.89 bits per heavy atom. The van der Waals surface area contributed by atoms with Gasteiger partial charge in [-0.3, -0.25) is 4.98 Å². The van der Waals surface area contributed by atoms with Crippen molar-refractivity contribution in [2.24, 2.45) is 0 Å². The predicted octanol–water partition coefficient (Wildman–Crippen LogP) is 12.0. The second-order valence-electron chi connectivity index (χ2n) is 12.7. The van der Waals surface area contributed by atoms with Crippen LogP contribution < -0.4 is 0 Å². The van der Waals surface area contributed by atoms with E-state index in [2.05, 4.69) is 154 Å². The number of benzene rings is 6. The topological polar surface area (TPSA) is 31.0 Å². The van der Waals surface area contributed by atoms with Crippen molar-refractivity contribution < 1.29 is 24.5 Å². The van der Waals surface area contributed by atoms with E-state index < -0.39 is 0 Å². The summed E-state index contributed by atoms with van der Waals surface area (Å²) in [6.07, 6.45) is 0. The molecule has 0 saturated carbocycles. The van der Waals surface area contributed by atoms with E-state index >= 15 is 0 Å². The molecule has 47 heavy (non-hydrogen) atoms. The number of imidazole rings is 1. The van der Waals surface area contributed by atoms with Crippen LogP contribution >= 0.6 is 0 Å². The Hall–Kier alpha value is -4.76. The molecule has 2 heterocycles. The van der Waals surface area contributed by atoms with Crippen LogP contribution in [0.25, 0.3) is 72.3 Å². The molecular weight excluding hydrogens is 753 g/mol. The monoisotopic (exact) mass is 788 g/mol. The Balaban J connectivity index is 0.00000351. The van der Waals surface area contributed by atoms with Crippen LogP contribution in [0.5, 0.6) is 0 Å². The Morgan fingerprint density at radius 2 is 1.23 bits per heavy atom. The molecule has 6 aromatic carbocycles.